The fourth-order valence-electron chi connectivity index (χ4n) is 3.40. The number of nitrogens with zero attached hydrogens (tertiary/aromatic N) is 1. The smallest absolute Gasteiger partial charge is 0.228 e. The van der Waals surface area contributed by atoms with Crippen LogP contribution in [-0.4, -0.2) is 10.9 Å². The Bertz CT molecular complexity index is 918. The number of benzene rings is 2. The van der Waals surface area contributed by atoms with Crippen molar-refractivity contribution in [3.63, 3.8) is 0 Å². The Morgan fingerprint density at radius 2 is 1.88 bits per heavy atom. The summed E-state index contributed by atoms with van der Waals surface area (Å²) in [4.78, 5) is 16.0. The van der Waals surface area contributed by atoms with Gasteiger partial charge in [-0.1, -0.05) is 49.4 Å². The fraction of sp³-hybridized carbons (Fsp3) is 0.182. The molecule has 1 atom stereocenters. The second-order valence-electron chi connectivity index (χ2n) is 6.69. The van der Waals surface area contributed by atoms with E-state index < -0.39 is 0 Å². The van der Waals surface area contributed by atoms with E-state index in [2.05, 4.69) is 53.6 Å². The molecule has 1 aromatic heterocycles. The van der Waals surface area contributed by atoms with Gasteiger partial charge in [0.15, 0.2) is 0 Å². The van der Waals surface area contributed by atoms with Gasteiger partial charge in [0, 0.05) is 23.6 Å². The van der Waals surface area contributed by atoms with Crippen LogP contribution in [0.15, 0.2) is 67.0 Å². The molecule has 1 aliphatic heterocycles. The number of aromatic nitrogens is 1. The maximum atomic E-state index is 11.5. The van der Waals surface area contributed by atoms with Crippen LogP contribution < -0.4 is 5.32 Å². The van der Waals surface area contributed by atoms with Crippen LogP contribution in [-0.2, 0) is 17.6 Å². The van der Waals surface area contributed by atoms with Crippen molar-refractivity contribution in [2.45, 2.75) is 25.7 Å². The van der Waals surface area contributed by atoms with Gasteiger partial charge in [-0.25, -0.2) is 0 Å². The number of fused-ring (bicyclic) bond motifs is 1. The highest BCUT2D eigenvalue weighted by Crippen LogP contribution is 2.30. The van der Waals surface area contributed by atoms with Crippen LogP contribution in [0.5, 0.6) is 0 Å². The van der Waals surface area contributed by atoms with Crippen LogP contribution >= 0.6 is 0 Å². The molecule has 1 amide bonds. The third-order valence-corrected chi connectivity index (χ3v) is 4.77. The molecule has 0 spiro atoms. The molecule has 0 aliphatic carbocycles. The van der Waals surface area contributed by atoms with Crippen molar-refractivity contribution in [2.24, 2.45) is 0 Å². The lowest BCUT2D eigenvalue weighted by molar-refractivity contribution is -0.115. The minimum absolute atomic E-state index is 0.0655. The van der Waals surface area contributed by atoms with Crippen LogP contribution in [0.25, 0.3) is 11.1 Å². The lowest BCUT2D eigenvalue weighted by Gasteiger charge is -2.13. The zero-order valence-electron chi connectivity index (χ0n) is 14.2. The molecule has 25 heavy (non-hydrogen) atoms. The normalized spacial score (nSPS) is 14.0. The maximum absolute atomic E-state index is 11.5. The van der Waals surface area contributed by atoms with E-state index in [0.717, 1.165) is 28.8 Å². The van der Waals surface area contributed by atoms with Gasteiger partial charge in [-0.3, -0.25) is 9.78 Å². The first-order valence-electron chi connectivity index (χ1n) is 8.61. The summed E-state index contributed by atoms with van der Waals surface area (Å²) < 4.78 is 0. The molecular formula is C22H20N2O. The zero-order chi connectivity index (χ0) is 17.2. The Morgan fingerprint density at radius 1 is 1.04 bits per heavy atom. The van der Waals surface area contributed by atoms with Gasteiger partial charge in [0.1, 0.15) is 0 Å². The topological polar surface area (TPSA) is 42.0 Å². The number of rotatable bonds is 4. The number of pyridine rings is 1. The first-order valence-corrected chi connectivity index (χ1v) is 8.61. The zero-order valence-corrected chi connectivity index (χ0v) is 14.2. The highest BCUT2D eigenvalue weighted by molar-refractivity contribution is 5.99. The van der Waals surface area contributed by atoms with Crippen molar-refractivity contribution in [2.75, 3.05) is 5.32 Å². The SMILES string of the molecule is C[C@@H](Cc1cncc(-c2ccc3c(c2)NC(=O)C3)c1)c1ccccc1. The van der Waals surface area contributed by atoms with Gasteiger partial charge in [0.2, 0.25) is 5.91 Å². The first-order chi connectivity index (χ1) is 12.2. The lowest BCUT2D eigenvalue weighted by atomic mass is 9.93. The maximum Gasteiger partial charge on any atom is 0.228 e. The average molecular weight is 328 g/mol. The summed E-state index contributed by atoms with van der Waals surface area (Å²) >= 11 is 0. The van der Waals surface area contributed by atoms with E-state index in [-0.39, 0.29) is 5.91 Å². The Balaban J connectivity index is 1.58. The van der Waals surface area contributed by atoms with Crippen molar-refractivity contribution in [3.05, 3.63) is 83.7 Å². The number of nitrogens with one attached hydrogen (secondary N) is 1. The summed E-state index contributed by atoms with van der Waals surface area (Å²) in [6.45, 7) is 2.24. The Hall–Kier alpha value is -2.94. The first kappa shape index (κ1) is 15.6. The largest absolute Gasteiger partial charge is 0.326 e. The van der Waals surface area contributed by atoms with Gasteiger partial charge in [0.05, 0.1) is 6.42 Å². The van der Waals surface area contributed by atoms with E-state index in [1.165, 1.54) is 11.1 Å². The molecule has 2 heterocycles. The van der Waals surface area contributed by atoms with Crippen LogP contribution in [0.3, 0.4) is 0 Å². The molecular weight excluding hydrogens is 308 g/mol. The molecule has 3 aromatic rings. The molecule has 3 heteroatoms. The summed E-state index contributed by atoms with van der Waals surface area (Å²) in [5, 5.41) is 2.92. The molecule has 0 saturated carbocycles. The molecule has 2 aromatic carbocycles. The van der Waals surface area contributed by atoms with E-state index in [4.69, 9.17) is 0 Å². The van der Waals surface area contributed by atoms with E-state index >= 15 is 0 Å². The van der Waals surface area contributed by atoms with Crippen LogP contribution in [0.4, 0.5) is 5.69 Å². The van der Waals surface area contributed by atoms with Crippen LogP contribution in [0, 0.1) is 0 Å². The quantitative estimate of drug-likeness (QED) is 0.761. The van der Waals surface area contributed by atoms with Gasteiger partial charge >= 0.3 is 0 Å². The molecule has 0 radical (unpaired) electrons. The summed E-state index contributed by atoms with van der Waals surface area (Å²) in [5.41, 5.74) is 6.72. The summed E-state index contributed by atoms with van der Waals surface area (Å²) in [5.74, 6) is 0.508. The molecule has 3 nitrogen and oxygen atoms in total. The number of hydrogen-bond donors (Lipinski definition) is 1. The molecule has 0 fully saturated rings. The number of carbonyl (C=O) groups is 1. The van der Waals surface area contributed by atoms with Gasteiger partial charge in [0.25, 0.3) is 0 Å². The van der Waals surface area contributed by atoms with Crippen LogP contribution in [0.2, 0.25) is 0 Å². The predicted octanol–water partition coefficient (Wildman–Crippen LogP) is 4.59. The number of anilines is 1. The van der Waals surface area contributed by atoms with Crippen molar-refractivity contribution in [1.29, 1.82) is 0 Å². The van der Waals surface area contributed by atoms with Crippen molar-refractivity contribution >= 4 is 11.6 Å². The predicted molar refractivity (Wildman–Crippen MR) is 101 cm³/mol. The molecule has 124 valence electrons. The third-order valence-electron chi connectivity index (χ3n) is 4.77. The molecule has 1 aliphatic rings. The number of carbonyl (C=O) groups excluding carboxylic acids is 1. The summed E-state index contributed by atoms with van der Waals surface area (Å²) in [6.07, 6.45) is 5.25. The minimum atomic E-state index is 0.0655. The Morgan fingerprint density at radius 3 is 2.72 bits per heavy atom. The fourth-order valence-corrected chi connectivity index (χ4v) is 3.40. The number of amides is 1. The average Bonchev–Trinajstić information content (AvgIpc) is 3.02. The van der Waals surface area contributed by atoms with Gasteiger partial charge < -0.3 is 5.32 Å². The summed E-state index contributed by atoms with van der Waals surface area (Å²) in [7, 11) is 0. The monoisotopic (exact) mass is 328 g/mol. The molecule has 0 bridgehead atoms. The van der Waals surface area contributed by atoms with Crippen molar-refractivity contribution in [3.8, 4) is 11.1 Å². The molecule has 1 N–H and O–H groups in total. The second-order valence-corrected chi connectivity index (χ2v) is 6.69. The second kappa shape index (κ2) is 6.52. The van der Waals surface area contributed by atoms with Crippen LogP contribution in [0.1, 0.15) is 29.5 Å². The van der Waals surface area contributed by atoms with E-state index in [9.17, 15) is 4.79 Å². The van der Waals surface area contributed by atoms with E-state index in [0.29, 0.717) is 12.3 Å². The standard InChI is InChI=1S/C22H20N2O/c1-15(17-5-3-2-4-6-17)9-16-10-20(14-23-13-16)18-7-8-19-12-22(25)24-21(19)11-18/h2-8,10-11,13-15H,9,12H2,1H3,(H,24,25)/t15-/m0/s1. The number of hydrogen-bond acceptors (Lipinski definition) is 2. The van der Waals surface area contributed by atoms with Gasteiger partial charge in [-0.05, 0) is 46.7 Å². The van der Waals surface area contributed by atoms with E-state index in [1.54, 1.807) is 0 Å². The Kier molecular flexibility index (Phi) is 4.06. The molecule has 0 unspecified atom stereocenters. The van der Waals surface area contributed by atoms with Crippen molar-refractivity contribution in [1.82, 2.24) is 4.98 Å². The third kappa shape index (κ3) is 3.31. The Labute approximate surface area is 147 Å². The van der Waals surface area contributed by atoms with Gasteiger partial charge in [-0.2, -0.15) is 0 Å². The highest BCUT2D eigenvalue weighted by Gasteiger charge is 2.18. The highest BCUT2D eigenvalue weighted by atomic mass is 16.1. The molecule has 4 rings (SSSR count). The van der Waals surface area contributed by atoms with E-state index in [1.807, 2.05) is 30.6 Å². The summed E-state index contributed by atoms with van der Waals surface area (Å²) in [6, 6.07) is 18.9. The lowest BCUT2D eigenvalue weighted by Crippen LogP contribution is -2.03. The van der Waals surface area contributed by atoms with Gasteiger partial charge in [-0.15, -0.1) is 0 Å². The van der Waals surface area contributed by atoms with Crippen molar-refractivity contribution < 1.29 is 4.79 Å². The minimum Gasteiger partial charge on any atom is -0.326 e. The molecule has 0 saturated heterocycles.